The van der Waals surface area contributed by atoms with Gasteiger partial charge in [-0.25, -0.2) is 0 Å². The van der Waals surface area contributed by atoms with E-state index < -0.39 is 0 Å². The SMILES string of the molecule is NC1=NCc2cc(NC(=O)CCC(=O)N(CCO)c3ccc4c(c3)CNC(=O)C4)ccc21. The highest BCUT2D eigenvalue weighted by Crippen LogP contribution is 2.24. The van der Waals surface area contributed by atoms with Gasteiger partial charge in [-0.15, -0.1) is 0 Å². The number of aliphatic imine (C=N–C) groups is 1. The number of nitrogens with one attached hydrogen (secondary N) is 2. The maximum Gasteiger partial charge on any atom is 0.227 e. The highest BCUT2D eigenvalue weighted by Gasteiger charge is 2.21. The molecule has 0 aromatic heterocycles. The lowest BCUT2D eigenvalue weighted by atomic mass is 9.99. The van der Waals surface area contributed by atoms with E-state index in [4.69, 9.17) is 5.73 Å². The summed E-state index contributed by atoms with van der Waals surface area (Å²) in [5, 5.41) is 15.0. The number of hydrogen-bond donors (Lipinski definition) is 4. The van der Waals surface area contributed by atoms with Crippen LogP contribution in [0.15, 0.2) is 41.4 Å². The Bertz CT molecular complexity index is 1110. The van der Waals surface area contributed by atoms with E-state index in [2.05, 4.69) is 15.6 Å². The molecule has 4 rings (SSSR count). The van der Waals surface area contributed by atoms with Gasteiger partial charge in [-0.2, -0.15) is 0 Å². The molecular formula is C23H25N5O4. The highest BCUT2D eigenvalue weighted by atomic mass is 16.3. The number of aliphatic hydroxyl groups is 1. The van der Waals surface area contributed by atoms with Crippen LogP contribution in [0.4, 0.5) is 11.4 Å². The minimum Gasteiger partial charge on any atom is -0.395 e. The predicted molar refractivity (Wildman–Crippen MR) is 120 cm³/mol. The maximum absolute atomic E-state index is 12.8. The van der Waals surface area contributed by atoms with Gasteiger partial charge in [0.2, 0.25) is 17.7 Å². The Hall–Kier alpha value is -3.72. The monoisotopic (exact) mass is 435 g/mol. The quantitative estimate of drug-likeness (QED) is 0.510. The van der Waals surface area contributed by atoms with Crippen molar-refractivity contribution in [3.63, 3.8) is 0 Å². The first-order chi connectivity index (χ1) is 15.4. The average molecular weight is 435 g/mol. The fourth-order valence-electron chi connectivity index (χ4n) is 3.93. The molecule has 5 N–H and O–H groups in total. The second-order valence-corrected chi connectivity index (χ2v) is 7.80. The smallest absolute Gasteiger partial charge is 0.227 e. The van der Waals surface area contributed by atoms with Crippen molar-refractivity contribution < 1.29 is 19.5 Å². The zero-order chi connectivity index (χ0) is 22.7. The molecule has 166 valence electrons. The fraction of sp³-hybridized carbons (Fsp3) is 0.304. The van der Waals surface area contributed by atoms with Crippen molar-refractivity contribution in [2.24, 2.45) is 10.7 Å². The van der Waals surface area contributed by atoms with Gasteiger partial charge >= 0.3 is 0 Å². The van der Waals surface area contributed by atoms with Crippen molar-refractivity contribution in [3.8, 4) is 0 Å². The first-order valence-corrected chi connectivity index (χ1v) is 10.5. The van der Waals surface area contributed by atoms with Gasteiger partial charge in [0, 0.05) is 42.9 Å². The molecule has 32 heavy (non-hydrogen) atoms. The van der Waals surface area contributed by atoms with Crippen LogP contribution in [-0.4, -0.2) is 41.8 Å². The van der Waals surface area contributed by atoms with Crippen LogP contribution in [0, 0.1) is 0 Å². The topological polar surface area (TPSA) is 137 Å². The number of fused-ring (bicyclic) bond motifs is 2. The van der Waals surface area contributed by atoms with Crippen LogP contribution in [0.2, 0.25) is 0 Å². The Kier molecular flexibility index (Phi) is 6.18. The summed E-state index contributed by atoms with van der Waals surface area (Å²) in [4.78, 5) is 42.4. The van der Waals surface area contributed by atoms with Gasteiger partial charge in [0.15, 0.2) is 0 Å². The Morgan fingerprint density at radius 3 is 2.78 bits per heavy atom. The van der Waals surface area contributed by atoms with Gasteiger partial charge in [0.05, 0.1) is 19.6 Å². The number of carbonyl (C=O) groups excluding carboxylic acids is 3. The lowest BCUT2D eigenvalue weighted by Crippen LogP contribution is -2.35. The minimum absolute atomic E-state index is 0.000649. The van der Waals surface area contributed by atoms with E-state index in [1.165, 1.54) is 4.90 Å². The number of anilines is 2. The average Bonchev–Trinajstić information content (AvgIpc) is 3.15. The second kappa shape index (κ2) is 9.19. The third-order valence-corrected chi connectivity index (χ3v) is 5.60. The summed E-state index contributed by atoms with van der Waals surface area (Å²) in [5.74, 6) is -0.0673. The Labute approximate surface area is 185 Å². The van der Waals surface area contributed by atoms with Crippen molar-refractivity contribution in [1.29, 1.82) is 0 Å². The number of carbonyl (C=O) groups is 3. The number of hydrogen-bond acceptors (Lipinski definition) is 6. The summed E-state index contributed by atoms with van der Waals surface area (Å²) >= 11 is 0. The fourth-order valence-corrected chi connectivity index (χ4v) is 3.93. The second-order valence-electron chi connectivity index (χ2n) is 7.80. The van der Waals surface area contributed by atoms with Crippen LogP contribution < -0.4 is 21.3 Å². The van der Waals surface area contributed by atoms with E-state index >= 15 is 0 Å². The zero-order valence-electron chi connectivity index (χ0n) is 17.6. The van der Waals surface area contributed by atoms with Crippen LogP contribution in [0.1, 0.15) is 35.1 Å². The minimum atomic E-state index is -0.276. The molecule has 0 saturated carbocycles. The molecule has 0 bridgehead atoms. The molecule has 2 aliphatic rings. The molecular weight excluding hydrogens is 410 g/mol. The Balaban J connectivity index is 1.37. The third kappa shape index (κ3) is 4.62. The Morgan fingerprint density at radius 2 is 1.97 bits per heavy atom. The van der Waals surface area contributed by atoms with Crippen molar-refractivity contribution in [1.82, 2.24) is 5.32 Å². The molecule has 2 aliphatic heterocycles. The Morgan fingerprint density at radius 1 is 1.12 bits per heavy atom. The number of nitrogens with two attached hydrogens (primary N) is 1. The molecule has 0 fully saturated rings. The number of rotatable bonds is 7. The van der Waals surface area contributed by atoms with Gasteiger partial charge in [-0.1, -0.05) is 6.07 Å². The molecule has 0 atom stereocenters. The summed E-state index contributed by atoms with van der Waals surface area (Å²) in [6.07, 6.45) is 0.323. The summed E-state index contributed by atoms with van der Waals surface area (Å²) in [5.41, 5.74) is 10.8. The van der Waals surface area contributed by atoms with E-state index in [0.717, 1.165) is 22.3 Å². The van der Waals surface area contributed by atoms with Crippen molar-refractivity contribution in [2.75, 3.05) is 23.4 Å². The van der Waals surface area contributed by atoms with E-state index in [1.807, 2.05) is 24.3 Å². The largest absolute Gasteiger partial charge is 0.395 e. The van der Waals surface area contributed by atoms with Crippen LogP contribution in [0.25, 0.3) is 0 Å². The highest BCUT2D eigenvalue weighted by molar-refractivity contribution is 6.02. The summed E-state index contributed by atoms with van der Waals surface area (Å²) in [7, 11) is 0. The number of amides is 3. The molecule has 0 radical (unpaired) electrons. The van der Waals surface area contributed by atoms with Crippen molar-refractivity contribution in [3.05, 3.63) is 58.7 Å². The summed E-state index contributed by atoms with van der Waals surface area (Å²) in [6, 6.07) is 10.9. The van der Waals surface area contributed by atoms with Crippen molar-refractivity contribution >= 4 is 34.9 Å². The number of aliphatic hydroxyl groups excluding tert-OH is 1. The summed E-state index contributed by atoms with van der Waals surface area (Å²) < 4.78 is 0. The molecule has 2 aromatic carbocycles. The molecule has 9 nitrogen and oxygen atoms in total. The predicted octanol–water partition coefficient (Wildman–Crippen LogP) is 0.822. The molecule has 0 aliphatic carbocycles. The third-order valence-electron chi connectivity index (χ3n) is 5.60. The van der Waals surface area contributed by atoms with Gasteiger partial charge in [0.25, 0.3) is 0 Å². The number of benzene rings is 2. The van der Waals surface area contributed by atoms with E-state index in [-0.39, 0.29) is 43.7 Å². The molecule has 0 spiro atoms. The van der Waals surface area contributed by atoms with Gasteiger partial charge < -0.3 is 26.4 Å². The normalized spacial score (nSPS) is 14.2. The first-order valence-electron chi connectivity index (χ1n) is 10.5. The van der Waals surface area contributed by atoms with Gasteiger partial charge in [0.1, 0.15) is 5.84 Å². The molecule has 2 aromatic rings. The molecule has 0 unspecified atom stereocenters. The molecule has 0 saturated heterocycles. The van der Waals surface area contributed by atoms with Crippen LogP contribution in [0.5, 0.6) is 0 Å². The lowest BCUT2D eigenvalue weighted by molar-refractivity contribution is -0.122. The van der Waals surface area contributed by atoms with Crippen LogP contribution in [0.3, 0.4) is 0 Å². The van der Waals surface area contributed by atoms with Gasteiger partial charge in [-0.05, 0) is 47.0 Å². The molecule has 9 heteroatoms. The summed E-state index contributed by atoms with van der Waals surface area (Å²) in [6.45, 7) is 0.816. The number of nitrogens with zero attached hydrogens (tertiary/aromatic N) is 2. The van der Waals surface area contributed by atoms with Crippen LogP contribution >= 0.6 is 0 Å². The molecule has 3 amide bonds. The zero-order valence-corrected chi connectivity index (χ0v) is 17.6. The number of amidine groups is 1. The van der Waals surface area contributed by atoms with E-state index in [9.17, 15) is 19.5 Å². The van der Waals surface area contributed by atoms with Crippen LogP contribution in [-0.2, 0) is 33.9 Å². The lowest BCUT2D eigenvalue weighted by Gasteiger charge is -2.25. The molecule has 2 heterocycles. The first kappa shape index (κ1) is 21.5. The maximum atomic E-state index is 12.8. The standard InChI is InChI=1S/C23H25N5O4/c24-23-19-4-2-17(9-16(19)13-26-23)27-20(30)5-6-22(32)28(7-8-29)18-3-1-14-11-21(31)25-12-15(14)10-18/h1-4,9-10,29H,5-8,11-13H2,(H2,24,26)(H,25,31)(H,27,30). The van der Waals surface area contributed by atoms with Crippen molar-refractivity contribution in [2.45, 2.75) is 32.4 Å². The van der Waals surface area contributed by atoms with E-state index in [0.29, 0.717) is 36.7 Å². The van der Waals surface area contributed by atoms with Gasteiger partial charge in [-0.3, -0.25) is 19.4 Å². The van der Waals surface area contributed by atoms with E-state index in [1.54, 1.807) is 12.1 Å².